The molecule has 0 aromatic carbocycles. The molecule has 0 saturated carbocycles. The van der Waals surface area contributed by atoms with Crippen LogP contribution in [0.1, 0.15) is 0 Å². The fraction of sp³-hybridized carbons (Fsp3) is 0.250. The van der Waals surface area contributed by atoms with Crippen molar-refractivity contribution in [1.82, 2.24) is 24.7 Å². The van der Waals surface area contributed by atoms with Crippen molar-refractivity contribution in [2.75, 3.05) is 36.0 Å². The van der Waals surface area contributed by atoms with Crippen LogP contribution in [0.3, 0.4) is 0 Å². The Morgan fingerprint density at radius 1 is 0.960 bits per heavy atom. The first-order chi connectivity index (χ1) is 12.2. The van der Waals surface area contributed by atoms with Crippen LogP contribution < -0.4 is 9.80 Å². The van der Waals surface area contributed by atoms with Crippen molar-refractivity contribution in [1.29, 1.82) is 0 Å². The van der Waals surface area contributed by atoms with Gasteiger partial charge in [-0.25, -0.2) is 24.0 Å². The number of anilines is 2. The van der Waals surface area contributed by atoms with E-state index in [-0.39, 0.29) is 0 Å². The van der Waals surface area contributed by atoms with Crippen molar-refractivity contribution in [3.63, 3.8) is 0 Å². The first-order valence-electron chi connectivity index (χ1n) is 7.84. The Bertz CT molecular complexity index is 863. The monoisotopic (exact) mass is 359 g/mol. The maximum atomic E-state index is 14.0. The van der Waals surface area contributed by atoms with Crippen LogP contribution in [0.2, 0.25) is 5.02 Å². The lowest BCUT2D eigenvalue weighted by Gasteiger charge is -2.36. The zero-order chi connectivity index (χ0) is 17.2. The molecule has 3 aromatic heterocycles. The molecule has 0 N–H and O–H groups in total. The van der Waals surface area contributed by atoms with Crippen LogP contribution in [0.4, 0.5) is 16.0 Å². The van der Waals surface area contributed by atoms with Crippen LogP contribution in [0.15, 0.2) is 43.1 Å². The maximum absolute atomic E-state index is 14.0. The van der Waals surface area contributed by atoms with Crippen LogP contribution in [0.25, 0.3) is 5.82 Å². The predicted molar refractivity (Wildman–Crippen MR) is 92.8 cm³/mol. The summed E-state index contributed by atoms with van der Waals surface area (Å²) < 4.78 is 15.7. The van der Waals surface area contributed by atoms with E-state index in [1.54, 1.807) is 10.9 Å². The molecular weight excluding hydrogens is 345 g/mol. The largest absolute Gasteiger partial charge is 0.353 e. The summed E-state index contributed by atoms with van der Waals surface area (Å²) in [5, 5.41) is 4.48. The molecule has 4 heterocycles. The lowest BCUT2D eigenvalue weighted by molar-refractivity contribution is 0.587. The number of hydrogen-bond donors (Lipinski definition) is 0. The van der Waals surface area contributed by atoms with Gasteiger partial charge in [0.05, 0.1) is 5.02 Å². The van der Waals surface area contributed by atoms with E-state index in [4.69, 9.17) is 11.6 Å². The molecule has 1 aliphatic rings. The third-order valence-corrected chi connectivity index (χ3v) is 4.28. The summed E-state index contributed by atoms with van der Waals surface area (Å²) in [7, 11) is 0. The van der Waals surface area contributed by atoms with Crippen molar-refractivity contribution in [3.8, 4) is 5.82 Å². The van der Waals surface area contributed by atoms with E-state index in [9.17, 15) is 4.39 Å². The summed E-state index contributed by atoms with van der Waals surface area (Å²) >= 11 is 5.77. The van der Waals surface area contributed by atoms with Crippen molar-refractivity contribution in [2.24, 2.45) is 0 Å². The zero-order valence-corrected chi connectivity index (χ0v) is 14.0. The Labute approximate surface area is 148 Å². The summed E-state index contributed by atoms with van der Waals surface area (Å²) in [5.41, 5.74) is 0. The van der Waals surface area contributed by atoms with Gasteiger partial charge in [-0.3, -0.25) is 0 Å². The molecule has 3 aromatic rings. The van der Waals surface area contributed by atoms with Gasteiger partial charge in [-0.15, -0.1) is 0 Å². The van der Waals surface area contributed by atoms with Crippen molar-refractivity contribution < 1.29 is 4.39 Å². The average Bonchev–Trinajstić information content (AvgIpc) is 3.17. The molecule has 7 nitrogen and oxygen atoms in total. The maximum Gasteiger partial charge on any atom is 0.167 e. The Balaban J connectivity index is 1.48. The summed E-state index contributed by atoms with van der Waals surface area (Å²) in [4.78, 5) is 16.7. The van der Waals surface area contributed by atoms with Crippen molar-refractivity contribution in [3.05, 3.63) is 54.0 Å². The minimum Gasteiger partial charge on any atom is -0.353 e. The number of aromatic nitrogens is 5. The topological polar surface area (TPSA) is 63.0 Å². The number of halogens is 2. The molecule has 0 spiro atoms. The van der Waals surface area contributed by atoms with Crippen LogP contribution in [-0.2, 0) is 0 Å². The average molecular weight is 360 g/mol. The number of rotatable bonds is 3. The predicted octanol–water partition coefficient (Wildman–Crippen LogP) is 2.18. The lowest BCUT2D eigenvalue weighted by Crippen LogP contribution is -2.47. The van der Waals surface area contributed by atoms with E-state index >= 15 is 0 Å². The molecule has 0 amide bonds. The van der Waals surface area contributed by atoms with Gasteiger partial charge >= 0.3 is 0 Å². The molecule has 1 fully saturated rings. The number of nitrogens with zero attached hydrogens (tertiary/aromatic N) is 7. The molecule has 0 bridgehead atoms. The van der Waals surface area contributed by atoms with Gasteiger partial charge in [-0.05, 0) is 12.1 Å². The Kier molecular flexibility index (Phi) is 4.19. The van der Waals surface area contributed by atoms with Crippen molar-refractivity contribution in [2.45, 2.75) is 0 Å². The summed E-state index contributed by atoms with van der Waals surface area (Å²) in [6.45, 7) is 2.71. The van der Waals surface area contributed by atoms with Crippen molar-refractivity contribution >= 4 is 23.2 Å². The van der Waals surface area contributed by atoms with Gasteiger partial charge in [0, 0.05) is 50.8 Å². The third kappa shape index (κ3) is 3.25. The van der Waals surface area contributed by atoms with E-state index < -0.39 is 5.82 Å². The summed E-state index contributed by atoms with van der Waals surface area (Å²) in [5.74, 6) is 1.47. The smallest absolute Gasteiger partial charge is 0.167 e. The SMILES string of the molecule is Fc1cc(Cl)cnc1N1CCN(c2cc(-n3cccn3)ncn2)CC1. The third-order valence-electron chi connectivity index (χ3n) is 4.07. The van der Waals surface area contributed by atoms with Gasteiger partial charge in [0.25, 0.3) is 0 Å². The zero-order valence-electron chi connectivity index (χ0n) is 13.3. The molecule has 0 atom stereocenters. The molecule has 128 valence electrons. The highest BCUT2D eigenvalue weighted by Gasteiger charge is 2.22. The number of piperazine rings is 1. The van der Waals surface area contributed by atoms with Gasteiger partial charge in [-0.1, -0.05) is 11.6 Å². The second-order valence-electron chi connectivity index (χ2n) is 5.62. The second-order valence-corrected chi connectivity index (χ2v) is 6.05. The second kappa shape index (κ2) is 6.64. The first-order valence-corrected chi connectivity index (χ1v) is 8.21. The summed E-state index contributed by atoms with van der Waals surface area (Å²) in [6.07, 6.45) is 6.53. The van der Waals surface area contributed by atoms with Crippen LogP contribution in [-0.4, -0.2) is 50.9 Å². The fourth-order valence-electron chi connectivity index (χ4n) is 2.83. The van der Waals surface area contributed by atoms with E-state index in [0.29, 0.717) is 42.8 Å². The molecule has 0 aliphatic carbocycles. The quantitative estimate of drug-likeness (QED) is 0.714. The highest BCUT2D eigenvalue weighted by atomic mass is 35.5. The van der Waals surface area contributed by atoms with E-state index in [2.05, 4.69) is 25.0 Å². The Hall–Kier alpha value is -2.74. The minimum atomic E-state index is -0.399. The van der Waals surface area contributed by atoms with Gasteiger partial charge in [0.2, 0.25) is 0 Å². The highest BCUT2D eigenvalue weighted by Crippen LogP contribution is 2.22. The standard InChI is InChI=1S/C16H15ClFN7/c17-12-8-13(18)16(19-10-12)24-6-4-23(5-7-24)14-9-15(21-11-20-14)25-3-1-2-22-25/h1-3,8-11H,4-7H2. The van der Waals surface area contributed by atoms with Crippen LogP contribution in [0, 0.1) is 5.82 Å². The first kappa shape index (κ1) is 15.8. The molecule has 4 rings (SSSR count). The molecule has 1 aliphatic heterocycles. The minimum absolute atomic E-state index is 0.298. The van der Waals surface area contributed by atoms with Crippen LogP contribution in [0.5, 0.6) is 0 Å². The van der Waals surface area contributed by atoms with Crippen LogP contribution >= 0.6 is 11.6 Å². The fourth-order valence-corrected chi connectivity index (χ4v) is 2.97. The molecule has 9 heteroatoms. The van der Waals surface area contributed by atoms with E-state index in [1.165, 1.54) is 18.6 Å². The lowest BCUT2D eigenvalue weighted by atomic mass is 10.3. The number of pyridine rings is 1. The van der Waals surface area contributed by atoms with Gasteiger partial charge in [0.15, 0.2) is 17.5 Å². The Morgan fingerprint density at radius 3 is 2.44 bits per heavy atom. The molecule has 1 saturated heterocycles. The molecule has 0 radical (unpaired) electrons. The van der Waals surface area contributed by atoms with Gasteiger partial charge in [-0.2, -0.15) is 5.10 Å². The van der Waals surface area contributed by atoms with E-state index in [0.717, 1.165) is 5.82 Å². The molecular formula is C16H15ClFN7. The van der Waals surface area contributed by atoms with Gasteiger partial charge in [0.1, 0.15) is 12.1 Å². The highest BCUT2D eigenvalue weighted by molar-refractivity contribution is 6.30. The van der Waals surface area contributed by atoms with E-state index in [1.807, 2.05) is 23.2 Å². The molecule has 25 heavy (non-hydrogen) atoms. The summed E-state index contributed by atoms with van der Waals surface area (Å²) in [6, 6.07) is 5.02. The number of hydrogen-bond acceptors (Lipinski definition) is 6. The van der Waals surface area contributed by atoms with Gasteiger partial charge < -0.3 is 9.80 Å². The molecule has 0 unspecified atom stereocenters. The normalized spacial score (nSPS) is 14.8. The Morgan fingerprint density at radius 2 is 1.72 bits per heavy atom.